The number of nitrogens with one attached hydrogen (secondary N) is 3. The van der Waals surface area contributed by atoms with Gasteiger partial charge < -0.3 is 20.9 Å². The Morgan fingerprint density at radius 2 is 2.04 bits per heavy atom. The van der Waals surface area contributed by atoms with E-state index < -0.39 is 5.92 Å². The van der Waals surface area contributed by atoms with Gasteiger partial charge in [-0.05, 0) is 49.8 Å². The Morgan fingerprint density at radius 1 is 1.18 bits per heavy atom. The van der Waals surface area contributed by atoms with Crippen LogP contribution >= 0.6 is 0 Å². The molecule has 2 saturated heterocycles. The van der Waals surface area contributed by atoms with Gasteiger partial charge in [0.15, 0.2) is 0 Å². The molecule has 3 aliphatic heterocycles. The van der Waals surface area contributed by atoms with Crippen molar-refractivity contribution in [2.24, 2.45) is 5.92 Å². The van der Waals surface area contributed by atoms with Gasteiger partial charge in [0.1, 0.15) is 0 Å². The van der Waals surface area contributed by atoms with Gasteiger partial charge >= 0.3 is 0 Å². The average molecular weight is 384 g/mol. The maximum absolute atomic E-state index is 13.2. The Morgan fingerprint density at radius 3 is 2.86 bits per heavy atom. The monoisotopic (exact) mass is 384 g/mol. The van der Waals surface area contributed by atoms with E-state index in [1.54, 1.807) is 0 Å². The van der Waals surface area contributed by atoms with E-state index in [-0.39, 0.29) is 36.1 Å². The molecule has 0 radical (unpaired) electrons. The molecule has 0 aliphatic carbocycles. The summed E-state index contributed by atoms with van der Waals surface area (Å²) in [7, 11) is 0. The van der Waals surface area contributed by atoms with Crippen LogP contribution in [0, 0.1) is 5.92 Å². The fraction of sp³-hybridized carbons (Fsp3) is 0.571. The average Bonchev–Trinajstić information content (AvgIpc) is 3.26. The number of carbonyl (C=O) groups is 3. The number of para-hydroxylation sites is 1. The molecule has 150 valence electrons. The van der Waals surface area contributed by atoms with Crippen LogP contribution in [0.15, 0.2) is 24.3 Å². The second-order valence-electron chi connectivity index (χ2n) is 8.08. The molecule has 28 heavy (non-hydrogen) atoms. The maximum atomic E-state index is 13.2. The third-order valence-electron chi connectivity index (χ3n) is 6.07. The number of likely N-dealkylation sites (tertiary alicyclic amines) is 1. The molecule has 3 aliphatic rings. The lowest BCUT2D eigenvalue weighted by Crippen LogP contribution is -2.48. The number of anilines is 1. The minimum Gasteiger partial charge on any atom is -0.354 e. The van der Waals surface area contributed by atoms with Gasteiger partial charge in [-0.1, -0.05) is 18.2 Å². The number of benzene rings is 1. The zero-order chi connectivity index (χ0) is 19.5. The van der Waals surface area contributed by atoms with Gasteiger partial charge in [-0.2, -0.15) is 0 Å². The van der Waals surface area contributed by atoms with Gasteiger partial charge in [0.05, 0.1) is 12.0 Å². The Bertz CT molecular complexity index is 760. The van der Waals surface area contributed by atoms with Crippen molar-refractivity contribution in [3.63, 3.8) is 0 Å². The second kappa shape index (κ2) is 8.31. The molecule has 3 unspecified atom stereocenters. The van der Waals surface area contributed by atoms with Crippen molar-refractivity contribution in [1.29, 1.82) is 0 Å². The first-order valence-electron chi connectivity index (χ1n) is 10.3. The molecular weight excluding hydrogens is 356 g/mol. The molecule has 4 rings (SSSR count). The zero-order valence-electron chi connectivity index (χ0n) is 16.1. The molecule has 7 nitrogen and oxygen atoms in total. The number of rotatable bonds is 4. The SMILES string of the molecule is O=C1CC(C(=O)N2CCCC(CNC(=O)C3CCCN3)C2)c2ccccc2N1. The summed E-state index contributed by atoms with van der Waals surface area (Å²) in [5, 5.41) is 9.12. The van der Waals surface area contributed by atoms with Crippen molar-refractivity contribution in [2.45, 2.75) is 44.1 Å². The van der Waals surface area contributed by atoms with E-state index in [9.17, 15) is 14.4 Å². The molecule has 3 N–H and O–H groups in total. The minimum atomic E-state index is -0.416. The summed E-state index contributed by atoms with van der Waals surface area (Å²) in [6.07, 6.45) is 4.06. The Hall–Kier alpha value is -2.41. The summed E-state index contributed by atoms with van der Waals surface area (Å²) in [5.41, 5.74) is 1.64. The van der Waals surface area contributed by atoms with E-state index in [4.69, 9.17) is 0 Å². The van der Waals surface area contributed by atoms with Crippen LogP contribution in [0.3, 0.4) is 0 Å². The third kappa shape index (κ3) is 4.04. The highest BCUT2D eigenvalue weighted by Gasteiger charge is 2.35. The molecule has 3 atom stereocenters. The molecular formula is C21H28N4O3. The van der Waals surface area contributed by atoms with E-state index >= 15 is 0 Å². The van der Waals surface area contributed by atoms with Gasteiger partial charge in [0.2, 0.25) is 17.7 Å². The fourth-order valence-electron chi connectivity index (χ4n) is 4.56. The van der Waals surface area contributed by atoms with Crippen LogP contribution in [0.2, 0.25) is 0 Å². The number of hydrogen-bond donors (Lipinski definition) is 3. The van der Waals surface area contributed by atoms with Gasteiger partial charge in [-0.3, -0.25) is 14.4 Å². The normalized spacial score (nSPS) is 27.1. The number of fused-ring (bicyclic) bond motifs is 1. The summed E-state index contributed by atoms with van der Waals surface area (Å²) < 4.78 is 0. The number of hydrogen-bond acceptors (Lipinski definition) is 4. The van der Waals surface area contributed by atoms with Crippen LogP contribution in [0.4, 0.5) is 5.69 Å². The summed E-state index contributed by atoms with van der Waals surface area (Å²) in [6.45, 7) is 2.86. The standard InChI is InChI=1S/C21H28N4O3/c26-19-11-16(15-6-1-2-7-17(15)24-19)21(28)25-10-4-5-14(13-25)12-23-20(27)18-8-3-9-22-18/h1-2,6-7,14,16,18,22H,3-5,8-13H2,(H,23,27)(H,24,26). The van der Waals surface area contributed by atoms with Gasteiger partial charge in [-0.25, -0.2) is 0 Å². The summed E-state index contributed by atoms with van der Waals surface area (Å²) in [5.74, 6) is -0.173. The Balaban J connectivity index is 1.37. The second-order valence-corrected chi connectivity index (χ2v) is 8.08. The van der Waals surface area contributed by atoms with Gasteiger partial charge in [0, 0.05) is 31.7 Å². The van der Waals surface area contributed by atoms with E-state index in [0.717, 1.165) is 43.5 Å². The molecule has 3 amide bonds. The molecule has 0 aromatic heterocycles. The van der Waals surface area contributed by atoms with E-state index in [1.807, 2.05) is 29.2 Å². The molecule has 7 heteroatoms. The lowest BCUT2D eigenvalue weighted by molar-refractivity contribution is -0.136. The zero-order valence-corrected chi connectivity index (χ0v) is 16.1. The van der Waals surface area contributed by atoms with E-state index in [0.29, 0.717) is 19.6 Å². The van der Waals surface area contributed by atoms with Crippen LogP contribution in [0.25, 0.3) is 0 Å². The highest BCUT2D eigenvalue weighted by molar-refractivity contribution is 6.01. The first-order chi connectivity index (χ1) is 13.6. The molecule has 0 spiro atoms. The minimum absolute atomic E-state index is 0.0239. The topological polar surface area (TPSA) is 90.5 Å². The van der Waals surface area contributed by atoms with Crippen LogP contribution in [0.5, 0.6) is 0 Å². The van der Waals surface area contributed by atoms with Crippen molar-refractivity contribution in [3.8, 4) is 0 Å². The third-order valence-corrected chi connectivity index (χ3v) is 6.07. The molecule has 0 bridgehead atoms. The number of amides is 3. The van der Waals surface area contributed by atoms with Crippen molar-refractivity contribution in [3.05, 3.63) is 29.8 Å². The van der Waals surface area contributed by atoms with Crippen molar-refractivity contribution in [2.75, 3.05) is 31.5 Å². The predicted molar refractivity (Wildman–Crippen MR) is 106 cm³/mol. The quantitative estimate of drug-likeness (QED) is 0.728. The molecule has 3 heterocycles. The van der Waals surface area contributed by atoms with Crippen LogP contribution < -0.4 is 16.0 Å². The van der Waals surface area contributed by atoms with Gasteiger partial charge in [0.25, 0.3) is 0 Å². The first-order valence-corrected chi connectivity index (χ1v) is 10.3. The smallest absolute Gasteiger partial charge is 0.237 e. The van der Waals surface area contributed by atoms with E-state index in [2.05, 4.69) is 16.0 Å². The summed E-state index contributed by atoms with van der Waals surface area (Å²) in [6, 6.07) is 7.47. The van der Waals surface area contributed by atoms with Gasteiger partial charge in [-0.15, -0.1) is 0 Å². The van der Waals surface area contributed by atoms with Crippen LogP contribution in [-0.4, -0.2) is 54.8 Å². The maximum Gasteiger partial charge on any atom is 0.237 e. The van der Waals surface area contributed by atoms with Crippen LogP contribution in [-0.2, 0) is 14.4 Å². The van der Waals surface area contributed by atoms with E-state index in [1.165, 1.54) is 0 Å². The molecule has 1 aromatic carbocycles. The summed E-state index contributed by atoms with van der Waals surface area (Å²) >= 11 is 0. The van der Waals surface area contributed by atoms with Crippen molar-refractivity contribution in [1.82, 2.24) is 15.5 Å². The molecule has 1 aromatic rings. The summed E-state index contributed by atoms with van der Waals surface area (Å²) in [4.78, 5) is 39.4. The highest BCUT2D eigenvalue weighted by Crippen LogP contribution is 2.34. The fourth-order valence-corrected chi connectivity index (χ4v) is 4.56. The number of piperidine rings is 1. The lowest BCUT2D eigenvalue weighted by Gasteiger charge is -2.36. The first kappa shape index (κ1) is 18.9. The largest absolute Gasteiger partial charge is 0.354 e. The predicted octanol–water partition coefficient (Wildman–Crippen LogP) is 1.22. The molecule has 2 fully saturated rings. The Labute approximate surface area is 165 Å². The van der Waals surface area contributed by atoms with Crippen LogP contribution in [0.1, 0.15) is 43.6 Å². The number of carbonyl (C=O) groups excluding carboxylic acids is 3. The molecule has 0 saturated carbocycles. The lowest BCUT2D eigenvalue weighted by atomic mass is 9.88. The highest BCUT2D eigenvalue weighted by atomic mass is 16.2. The van der Waals surface area contributed by atoms with Crippen molar-refractivity contribution < 1.29 is 14.4 Å². The Kier molecular flexibility index (Phi) is 5.62. The van der Waals surface area contributed by atoms with Crippen molar-refractivity contribution >= 4 is 23.4 Å². The number of nitrogens with zero attached hydrogens (tertiary/aromatic N) is 1.